The molecule has 0 amide bonds. The molecular weight excluding hydrogens is 266 g/mol. The number of nitrogens with one attached hydrogen (secondary N) is 1. The zero-order valence-corrected chi connectivity index (χ0v) is 11.1. The van der Waals surface area contributed by atoms with Gasteiger partial charge in [-0.2, -0.15) is 9.97 Å². The fraction of sp³-hybridized carbons (Fsp3) is 0.167. The van der Waals surface area contributed by atoms with E-state index in [1.807, 2.05) is 0 Å². The molecule has 0 fully saturated rings. The van der Waals surface area contributed by atoms with Crippen molar-refractivity contribution in [2.45, 2.75) is 13.8 Å². The molecule has 0 unspecified atom stereocenters. The quantitative estimate of drug-likeness (QED) is 0.687. The molecule has 96 valence electrons. The first-order valence-electron chi connectivity index (χ1n) is 5.63. The second kappa shape index (κ2) is 4.17. The van der Waals surface area contributed by atoms with Crippen molar-refractivity contribution < 1.29 is 0 Å². The molecule has 0 spiro atoms. The van der Waals surface area contributed by atoms with Gasteiger partial charge in [-0.3, -0.25) is 4.79 Å². The summed E-state index contributed by atoms with van der Waals surface area (Å²) in [6.45, 7) is 3.53. The molecule has 0 atom stereocenters. The van der Waals surface area contributed by atoms with Crippen LogP contribution in [0.25, 0.3) is 17.0 Å². The Balaban J connectivity index is 2.35. The van der Waals surface area contributed by atoms with Crippen molar-refractivity contribution in [1.29, 1.82) is 0 Å². The number of aromatic nitrogens is 5. The first-order valence-corrected chi connectivity index (χ1v) is 6.00. The van der Waals surface area contributed by atoms with E-state index in [9.17, 15) is 4.79 Å². The van der Waals surface area contributed by atoms with Gasteiger partial charge < -0.3 is 9.55 Å². The normalized spacial score (nSPS) is 11.1. The fourth-order valence-corrected chi connectivity index (χ4v) is 2.14. The zero-order chi connectivity index (χ0) is 13.6. The Bertz CT molecular complexity index is 809. The lowest BCUT2D eigenvalue weighted by Gasteiger charge is -2.08. The summed E-state index contributed by atoms with van der Waals surface area (Å²) in [6, 6.07) is 0. The van der Waals surface area contributed by atoms with E-state index in [-0.39, 0.29) is 10.7 Å². The predicted octanol–water partition coefficient (Wildman–Crippen LogP) is 1.77. The Morgan fingerprint density at radius 3 is 2.58 bits per heavy atom. The second-order valence-electron chi connectivity index (χ2n) is 4.28. The standard InChI is InChI=1S/C12H10ClN5O/c1-6-3-18(4-7(2)9(6)19)11-8-10(15-5-14-8)16-12(13)17-11/h3-5H,1-2H3,(H,14,15,16,17). The summed E-state index contributed by atoms with van der Waals surface area (Å²) in [5.74, 6) is 0.568. The number of aromatic amines is 1. The molecule has 0 aliphatic carbocycles. The molecule has 3 aromatic heterocycles. The van der Waals surface area contributed by atoms with Crippen LogP contribution in [-0.2, 0) is 0 Å². The highest BCUT2D eigenvalue weighted by Crippen LogP contribution is 2.18. The molecule has 0 radical (unpaired) electrons. The van der Waals surface area contributed by atoms with Crippen LogP contribution in [0.1, 0.15) is 11.1 Å². The molecule has 6 nitrogen and oxygen atoms in total. The van der Waals surface area contributed by atoms with E-state index in [0.717, 1.165) is 0 Å². The number of aryl methyl sites for hydroxylation is 2. The van der Waals surface area contributed by atoms with Crippen molar-refractivity contribution in [3.63, 3.8) is 0 Å². The first kappa shape index (κ1) is 11.9. The van der Waals surface area contributed by atoms with Crippen LogP contribution < -0.4 is 5.43 Å². The average Bonchev–Trinajstić information content (AvgIpc) is 2.82. The van der Waals surface area contributed by atoms with Gasteiger partial charge in [0.05, 0.1) is 6.33 Å². The summed E-state index contributed by atoms with van der Waals surface area (Å²) in [6.07, 6.45) is 4.96. The average molecular weight is 276 g/mol. The minimum Gasteiger partial charge on any atom is -0.340 e. The number of pyridine rings is 1. The predicted molar refractivity (Wildman–Crippen MR) is 71.8 cm³/mol. The number of hydrogen-bond donors (Lipinski definition) is 1. The summed E-state index contributed by atoms with van der Waals surface area (Å²) >= 11 is 5.89. The highest BCUT2D eigenvalue weighted by Gasteiger charge is 2.11. The van der Waals surface area contributed by atoms with Gasteiger partial charge in [-0.1, -0.05) is 0 Å². The van der Waals surface area contributed by atoms with Gasteiger partial charge in [0.1, 0.15) is 5.52 Å². The Kier molecular flexibility index (Phi) is 2.60. The fourth-order valence-electron chi connectivity index (χ4n) is 1.98. The van der Waals surface area contributed by atoms with E-state index in [4.69, 9.17) is 11.6 Å². The van der Waals surface area contributed by atoms with E-state index < -0.39 is 0 Å². The monoisotopic (exact) mass is 275 g/mol. The number of nitrogens with zero attached hydrogens (tertiary/aromatic N) is 4. The number of halogens is 1. The van der Waals surface area contributed by atoms with E-state index in [1.165, 1.54) is 6.33 Å². The maximum Gasteiger partial charge on any atom is 0.226 e. The van der Waals surface area contributed by atoms with Crippen LogP contribution in [0.5, 0.6) is 0 Å². The van der Waals surface area contributed by atoms with Crippen molar-refractivity contribution in [1.82, 2.24) is 24.5 Å². The van der Waals surface area contributed by atoms with Gasteiger partial charge >= 0.3 is 0 Å². The maximum absolute atomic E-state index is 11.7. The topological polar surface area (TPSA) is 76.5 Å². The van der Waals surface area contributed by atoms with E-state index in [1.54, 1.807) is 30.8 Å². The van der Waals surface area contributed by atoms with Gasteiger partial charge in [0.15, 0.2) is 16.9 Å². The van der Waals surface area contributed by atoms with Gasteiger partial charge in [0, 0.05) is 23.5 Å². The number of fused-ring (bicyclic) bond motifs is 1. The third-order valence-corrected chi connectivity index (χ3v) is 3.03. The molecule has 0 aliphatic heterocycles. The van der Waals surface area contributed by atoms with Gasteiger partial charge in [-0.25, -0.2) is 4.98 Å². The Morgan fingerprint density at radius 2 is 1.89 bits per heavy atom. The van der Waals surface area contributed by atoms with Crippen molar-refractivity contribution >= 4 is 22.8 Å². The molecule has 3 heterocycles. The number of rotatable bonds is 1. The van der Waals surface area contributed by atoms with E-state index >= 15 is 0 Å². The molecule has 0 saturated heterocycles. The molecular formula is C12H10ClN5O. The lowest BCUT2D eigenvalue weighted by molar-refractivity contribution is 0.950. The second-order valence-corrected chi connectivity index (χ2v) is 4.62. The maximum atomic E-state index is 11.7. The van der Waals surface area contributed by atoms with Crippen LogP contribution in [-0.4, -0.2) is 24.5 Å². The van der Waals surface area contributed by atoms with Gasteiger partial charge in [0.2, 0.25) is 5.28 Å². The Morgan fingerprint density at radius 1 is 1.21 bits per heavy atom. The van der Waals surface area contributed by atoms with Crippen molar-refractivity contribution in [3.05, 3.63) is 45.4 Å². The largest absolute Gasteiger partial charge is 0.340 e. The molecule has 3 aromatic rings. The SMILES string of the molecule is Cc1cn(-c2nc(Cl)nc3nc[nH]c23)cc(C)c1=O. The lowest BCUT2D eigenvalue weighted by Crippen LogP contribution is -2.13. The minimum absolute atomic E-state index is 0.0252. The van der Waals surface area contributed by atoms with Crippen molar-refractivity contribution in [2.75, 3.05) is 0 Å². The summed E-state index contributed by atoms with van der Waals surface area (Å²) in [5.41, 5.74) is 2.47. The molecule has 19 heavy (non-hydrogen) atoms. The Hall–Kier alpha value is -2.21. The number of H-pyrrole nitrogens is 1. The molecule has 7 heteroatoms. The first-order chi connectivity index (χ1) is 9.06. The van der Waals surface area contributed by atoms with E-state index in [0.29, 0.717) is 28.1 Å². The third-order valence-electron chi connectivity index (χ3n) is 2.87. The summed E-state index contributed by atoms with van der Waals surface area (Å²) in [4.78, 5) is 27.0. The molecule has 0 bridgehead atoms. The number of imidazole rings is 1. The van der Waals surface area contributed by atoms with Crippen LogP contribution in [0.4, 0.5) is 0 Å². The summed E-state index contributed by atoms with van der Waals surface area (Å²) in [5, 5.41) is 0.114. The van der Waals surface area contributed by atoms with Crippen molar-refractivity contribution in [2.24, 2.45) is 0 Å². The molecule has 1 N–H and O–H groups in total. The van der Waals surface area contributed by atoms with Gasteiger partial charge in [0.25, 0.3) is 0 Å². The van der Waals surface area contributed by atoms with Gasteiger partial charge in [-0.05, 0) is 25.4 Å². The van der Waals surface area contributed by atoms with Crippen LogP contribution >= 0.6 is 11.6 Å². The van der Waals surface area contributed by atoms with Crippen LogP contribution in [0.2, 0.25) is 5.28 Å². The molecule has 0 saturated carbocycles. The van der Waals surface area contributed by atoms with Crippen LogP contribution in [0, 0.1) is 13.8 Å². The summed E-state index contributed by atoms with van der Waals surface area (Å²) < 4.78 is 1.75. The third kappa shape index (κ3) is 1.90. The number of hydrogen-bond acceptors (Lipinski definition) is 4. The van der Waals surface area contributed by atoms with Crippen LogP contribution in [0.3, 0.4) is 0 Å². The molecule has 0 aliphatic rings. The minimum atomic E-state index is 0.0252. The summed E-state index contributed by atoms with van der Waals surface area (Å²) in [7, 11) is 0. The van der Waals surface area contributed by atoms with Crippen molar-refractivity contribution in [3.8, 4) is 5.82 Å². The zero-order valence-electron chi connectivity index (χ0n) is 10.3. The van der Waals surface area contributed by atoms with Crippen LogP contribution in [0.15, 0.2) is 23.5 Å². The van der Waals surface area contributed by atoms with Gasteiger partial charge in [-0.15, -0.1) is 0 Å². The highest BCUT2D eigenvalue weighted by atomic mass is 35.5. The molecule has 0 aromatic carbocycles. The Labute approximate surface area is 113 Å². The highest BCUT2D eigenvalue weighted by molar-refractivity contribution is 6.28. The van der Waals surface area contributed by atoms with E-state index in [2.05, 4.69) is 19.9 Å². The molecule has 3 rings (SSSR count). The smallest absolute Gasteiger partial charge is 0.226 e. The lowest BCUT2D eigenvalue weighted by atomic mass is 10.2.